The van der Waals surface area contributed by atoms with Crippen LogP contribution in [0.25, 0.3) is 0 Å². The first kappa shape index (κ1) is 10.6. The van der Waals surface area contributed by atoms with Crippen LogP contribution in [0.3, 0.4) is 0 Å². The van der Waals surface area contributed by atoms with Crippen molar-refractivity contribution in [1.82, 2.24) is 10.3 Å². The SMILES string of the molecule is Cc1csc(NC(=O)[C@H]2CCCCN2)n1. The molecule has 2 heterocycles. The highest BCUT2D eigenvalue weighted by Crippen LogP contribution is 2.16. The average molecular weight is 225 g/mol. The molecule has 1 aliphatic rings. The number of aryl methyl sites for hydroxylation is 1. The molecular formula is C10H15N3OS. The number of nitrogens with one attached hydrogen (secondary N) is 2. The highest BCUT2D eigenvalue weighted by Gasteiger charge is 2.20. The van der Waals surface area contributed by atoms with Crippen molar-refractivity contribution in [3.8, 4) is 0 Å². The lowest BCUT2D eigenvalue weighted by atomic mass is 10.0. The molecule has 0 aliphatic carbocycles. The summed E-state index contributed by atoms with van der Waals surface area (Å²) in [7, 11) is 0. The topological polar surface area (TPSA) is 54.0 Å². The fourth-order valence-electron chi connectivity index (χ4n) is 1.68. The van der Waals surface area contributed by atoms with Gasteiger partial charge in [-0.2, -0.15) is 0 Å². The first-order valence-corrected chi connectivity index (χ1v) is 6.10. The number of thiazole rings is 1. The number of anilines is 1. The summed E-state index contributed by atoms with van der Waals surface area (Å²) in [6.45, 7) is 2.86. The van der Waals surface area contributed by atoms with E-state index >= 15 is 0 Å². The van der Waals surface area contributed by atoms with Crippen molar-refractivity contribution in [3.63, 3.8) is 0 Å². The number of carbonyl (C=O) groups is 1. The lowest BCUT2D eigenvalue weighted by Crippen LogP contribution is -2.43. The van der Waals surface area contributed by atoms with E-state index in [9.17, 15) is 4.79 Å². The number of nitrogens with zero attached hydrogens (tertiary/aromatic N) is 1. The van der Waals surface area contributed by atoms with E-state index in [1.165, 1.54) is 17.8 Å². The minimum absolute atomic E-state index is 0.0389. The largest absolute Gasteiger partial charge is 0.306 e. The number of rotatable bonds is 2. The molecule has 4 nitrogen and oxygen atoms in total. The maximum absolute atomic E-state index is 11.8. The van der Waals surface area contributed by atoms with Gasteiger partial charge in [-0.05, 0) is 26.3 Å². The summed E-state index contributed by atoms with van der Waals surface area (Å²) in [5.74, 6) is 0.0454. The zero-order valence-corrected chi connectivity index (χ0v) is 9.56. The molecule has 82 valence electrons. The second kappa shape index (κ2) is 4.72. The predicted molar refractivity (Wildman–Crippen MR) is 61.1 cm³/mol. The maximum atomic E-state index is 11.8. The molecule has 0 radical (unpaired) electrons. The maximum Gasteiger partial charge on any atom is 0.243 e. The van der Waals surface area contributed by atoms with E-state index in [4.69, 9.17) is 0 Å². The minimum atomic E-state index is -0.0389. The molecule has 0 unspecified atom stereocenters. The van der Waals surface area contributed by atoms with E-state index < -0.39 is 0 Å². The van der Waals surface area contributed by atoms with Crippen LogP contribution >= 0.6 is 11.3 Å². The van der Waals surface area contributed by atoms with Gasteiger partial charge < -0.3 is 10.6 Å². The van der Waals surface area contributed by atoms with Gasteiger partial charge in [0.15, 0.2) is 5.13 Å². The van der Waals surface area contributed by atoms with Crippen LogP contribution in [-0.4, -0.2) is 23.5 Å². The normalized spacial score (nSPS) is 21.3. The summed E-state index contributed by atoms with van der Waals surface area (Å²) in [6.07, 6.45) is 3.22. The summed E-state index contributed by atoms with van der Waals surface area (Å²) in [5, 5.41) is 8.68. The Morgan fingerprint density at radius 1 is 1.67 bits per heavy atom. The molecule has 1 aromatic heterocycles. The van der Waals surface area contributed by atoms with E-state index in [1.54, 1.807) is 0 Å². The third-order valence-electron chi connectivity index (χ3n) is 2.48. The fraction of sp³-hybridized carbons (Fsp3) is 0.600. The van der Waals surface area contributed by atoms with Crippen LogP contribution in [0.1, 0.15) is 25.0 Å². The Morgan fingerprint density at radius 3 is 3.13 bits per heavy atom. The van der Waals surface area contributed by atoms with Crippen molar-refractivity contribution in [3.05, 3.63) is 11.1 Å². The van der Waals surface area contributed by atoms with E-state index in [0.29, 0.717) is 5.13 Å². The summed E-state index contributed by atoms with van der Waals surface area (Å²) in [4.78, 5) is 16.0. The molecule has 1 saturated heterocycles. The first-order valence-electron chi connectivity index (χ1n) is 5.22. The summed E-state index contributed by atoms with van der Waals surface area (Å²) in [6, 6.07) is -0.0389. The molecule has 1 fully saturated rings. The molecular weight excluding hydrogens is 210 g/mol. The van der Waals surface area contributed by atoms with E-state index in [1.807, 2.05) is 12.3 Å². The summed E-state index contributed by atoms with van der Waals surface area (Å²) < 4.78 is 0. The van der Waals surface area contributed by atoms with Gasteiger partial charge in [0, 0.05) is 5.38 Å². The predicted octanol–water partition coefficient (Wildman–Crippen LogP) is 1.53. The van der Waals surface area contributed by atoms with Crippen LogP contribution in [-0.2, 0) is 4.79 Å². The van der Waals surface area contributed by atoms with Crippen molar-refractivity contribution in [1.29, 1.82) is 0 Å². The Labute approximate surface area is 93.1 Å². The van der Waals surface area contributed by atoms with Gasteiger partial charge in [-0.15, -0.1) is 11.3 Å². The molecule has 15 heavy (non-hydrogen) atoms. The molecule has 0 saturated carbocycles. The van der Waals surface area contributed by atoms with E-state index in [0.717, 1.165) is 25.1 Å². The van der Waals surface area contributed by atoms with Crippen LogP contribution < -0.4 is 10.6 Å². The van der Waals surface area contributed by atoms with Crippen molar-refractivity contribution < 1.29 is 4.79 Å². The van der Waals surface area contributed by atoms with Gasteiger partial charge in [0.2, 0.25) is 5.91 Å². The zero-order valence-electron chi connectivity index (χ0n) is 8.75. The number of amides is 1. The van der Waals surface area contributed by atoms with Crippen LogP contribution in [0.5, 0.6) is 0 Å². The lowest BCUT2D eigenvalue weighted by Gasteiger charge is -2.21. The second-order valence-corrected chi connectivity index (χ2v) is 4.64. The van der Waals surface area contributed by atoms with Gasteiger partial charge in [0.05, 0.1) is 11.7 Å². The first-order chi connectivity index (χ1) is 7.25. The summed E-state index contributed by atoms with van der Waals surface area (Å²) in [5.41, 5.74) is 0.951. The van der Waals surface area contributed by atoms with Gasteiger partial charge in [0.1, 0.15) is 0 Å². The number of aromatic nitrogens is 1. The molecule has 0 spiro atoms. The number of carbonyl (C=O) groups excluding carboxylic acids is 1. The monoisotopic (exact) mass is 225 g/mol. The van der Waals surface area contributed by atoms with Gasteiger partial charge in [-0.1, -0.05) is 6.42 Å². The minimum Gasteiger partial charge on any atom is -0.306 e. The third-order valence-corrected chi connectivity index (χ3v) is 3.35. The Bertz CT molecular complexity index is 344. The third kappa shape index (κ3) is 2.76. The van der Waals surface area contributed by atoms with Gasteiger partial charge >= 0.3 is 0 Å². The van der Waals surface area contributed by atoms with Crippen molar-refractivity contribution in [2.75, 3.05) is 11.9 Å². The molecule has 1 atom stereocenters. The zero-order chi connectivity index (χ0) is 10.7. The molecule has 1 aromatic rings. The number of hydrogen-bond donors (Lipinski definition) is 2. The van der Waals surface area contributed by atoms with Gasteiger partial charge in [-0.3, -0.25) is 4.79 Å². The van der Waals surface area contributed by atoms with E-state index in [-0.39, 0.29) is 11.9 Å². The molecule has 2 N–H and O–H groups in total. The number of piperidine rings is 1. The Kier molecular flexibility index (Phi) is 3.33. The highest BCUT2D eigenvalue weighted by atomic mass is 32.1. The van der Waals surface area contributed by atoms with Crippen molar-refractivity contribution >= 4 is 22.4 Å². The fourth-order valence-corrected chi connectivity index (χ4v) is 2.37. The highest BCUT2D eigenvalue weighted by molar-refractivity contribution is 7.13. The Morgan fingerprint density at radius 2 is 2.53 bits per heavy atom. The Balaban J connectivity index is 1.91. The van der Waals surface area contributed by atoms with E-state index in [2.05, 4.69) is 15.6 Å². The van der Waals surface area contributed by atoms with Crippen LogP contribution in [0.2, 0.25) is 0 Å². The van der Waals surface area contributed by atoms with Gasteiger partial charge in [0.25, 0.3) is 0 Å². The quantitative estimate of drug-likeness (QED) is 0.802. The van der Waals surface area contributed by atoms with Crippen molar-refractivity contribution in [2.24, 2.45) is 0 Å². The van der Waals surface area contributed by atoms with Crippen molar-refractivity contribution in [2.45, 2.75) is 32.2 Å². The Hall–Kier alpha value is -0.940. The second-order valence-electron chi connectivity index (χ2n) is 3.79. The summed E-state index contributed by atoms with van der Waals surface area (Å²) >= 11 is 1.47. The van der Waals surface area contributed by atoms with Gasteiger partial charge in [-0.25, -0.2) is 4.98 Å². The van der Waals surface area contributed by atoms with Crippen LogP contribution in [0, 0.1) is 6.92 Å². The molecule has 0 bridgehead atoms. The molecule has 1 amide bonds. The average Bonchev–Trinajstić information content (AvgIpc) is 2.65. The molecule has 1 aliphatic heterocycles. The molecule has 2 rings (SSSR count). The number of hydrogen-bond acceptors (Lipinski definition) is 4. The lowest BCUT2D eigenvalue weighted by molar-refractivity contribution is -0.118. The standard InChI is InChI=1S/C10H15N3OS/c1-7-6-15-10(12-7)13-9(14)8-4-2-3-5-11-8/h6,8,11H,2-5H2,1H3,(H,12,13,14)/t8-/m1/s1. The van der Waals surface area contributed by atoms with Crippen LogP contribution in [0.15, 0.2) is 5.38 Å². The smallest absolute Gasteiger partial charge is 0.243 e. The van der Waals surface area contributed by atoms with Crippen LogP contribution in [0.4, 0.5) is 5.13 Å². The molecule has 0 aromatic carbocycles. The molecule has 5 heteroatoms.